The highest BCUT2D eigenvalue weighted by atomic mass is 16.6. The first-order valence-electron chi connectivity index (χ1n) is 19.2. The highest BCUT2D eigenvalue weighted by Gasteiger charge is 2.35. The Balaban J connectivity index is 1.86. The third-order valence-electron chi connectivity index (χ3n) is 8.53. The first kappa shape index (κ1) is 42.1. The van der Waals surface area contributed by atoms with Crippen LogP contribution in [-0.4, -0.2) is 48.6 Å². The number of ether oxygens (including phenoxy) is 3. The average molecular weight is 647 g/mol. The molecule has 1 rings (SSSR count). The topological polar surface area (TPSA) is 85.4 Å². The molecule has 1 N–H and O–H groups in total. The van der Waals surface area contributed by atoms with Crippen LogP contribution >= 0.6 is 0 Å². The van der Waals surface area contributed by atoms with E-state index in [1.807, 2.05) is 0 Å². The molecule has 1 aliphatic rings. The molecule has 1 aliphatic heterocycles. The molecule has 6 nitrogen and oxygen atoms in total. The molecule has 0 radical (unpaired) electrons. The molecular weight excluding hydrogens is 576 g/mol. The number of carbonyl (C=O) groups excluding carboxylic acids is 2. The lowest BCUT2D eigenvalue weighted by atomic mass is 10.0. The van der Waals surface area contributed by atoms with E-state index in [-0.39, 0.29) is 25.2 Å². The Morgan fingerprint density at radius 3 is 1.54 bits per heavy atom. The smallest absolute Gasteiger partial charge is 0.305 e. The summed E-state index contributed by atoms with van der Waals surface area (Å²) in [6.07, 6.45) is 40.8. The zero-order valence-electron chi connectivity index (χ0n) is 29.8. The van der Waals surface area contributed by atoms with Gasteiger partial charge >= 0.3 is 11.9 Å². The lowest BCUT2D eigenvalue weighted by molar-refractivity contribution is -0.152. The zero-order chi connectivity index (χ0) is 33.3. The van der Waals surface area contributed by atoms with Gasteiger partial charge in [0.05, 0.1) is 12.2 Å². The summed E-state index contributed by atoms with van der Waals surface area (Å²) in [5, 5.41) is 10.00. The van der Waals surface area contributed by atoms with Crippen molar-refractivity contribution in [3.05, 3.63) is 36.5 Å². The Kier molecular flexibility index (Phi) is 29.0. The van der Waals surface area contributed by atoms with Crippen LogP contribution in [0.4, 0.5) is 0 Å². The van der Waals surface area contributed by atoms with Crippen molar-refractivity contribution in [2.45, 2.75) is 193 Å². The Morgan fingerprint density at radius 1 is 0.565 bits per heavy atom. The molecule has 1 saturated heterocycles. The second-order valence-corrected chi connectivity index (χ2v) is 13.1. The first-order chi connectivity index (χ1) is 22.6. The highest BCUT2D eigenvalue weighted by molar-refractivity contribution is 5.69. The van der Waals surface area contributed by atoms with Gasteiger partial charge in [-0.15, -0.1) is 0 Å². The van der Waals surface area contributed by atoms with Crippen LogP contribution in [0.15, 0.2) is 36.5 Å². The summed E-state index contributed by atoms with van der Waals surface area (Å²) in [4.78, 5) is 23.9. The van der Waals surface area contributed by atoms with Crippen LogP contribution in [-0.2, 0) is 23.8 Å². The molecule has 0 saturated carbocycles. The summed E-state index contributed by atoms with van der Waals surface area (Å²) >= 11 is 0. The van der Waals surface area contributed by atoms with Crippen molar-refractivity contribution < 1.29 is 28.9 Å². The third-order valence-corrected chi connectivity index (χ3v) is 8.53. The van der Waals surface area contributed by atoms with Gasteiger partial charge in [-0.25, -0.2) is 0 Å². The summed E-state index contributed by atoms with van der Waals surface area (Å²) in [6.45, 7) is 4.21. The van der Waals surface area contributed by atoms with E-state index in [0.717, 1.165) is 44.9 Å². The van der Waals surface area contributed by atoms with E-state index in [1.165, 1.54) is 96.3 Å². The van der Waals surface area contributed by atoms with Gasteiger partial charge in [0.25, 0.3) is 0 Å². The molecular formula is C40H70O6. The molecule has 0 aliphatic carbocycles. The number of hydrogen-bond acceptors (Lipinski definition) is 6. The molecule has 0 amide bonds. The minimum atomic E-state index is -0.987. The van der Waals surface area contributed by atoms with Gasteiger partial charge in [0, 0.05) is 12.8 Å². The van der Waals surface area contributed by atoms with Gasteiger partial charge < -0.3 is 19.3 Å². The Bertz CT molecular complexity index is 804. The number of unbranched alkanes of at least 4 members (excludes halogenated alkanes) is 17. The monoisotopic (exact) mass is 647 g/mol. The van der Waals surface area contributed by atoms with Crippen LogP contribution in [0.5, 0.6) is 0 Å². The molecule has 0 bridgehead atoms. The summed E-state index contributed by atoms with van der Waals surface area (Å²) in [5.41, 5.74) is 0. The van der Waals surface area contributed by atoms with E-state index < -0.39 is 6.10 Å². The average Bonchev–Trinajstić information content (AvgIpc) is 3.81. The molecule has 3 atom stereocenters. The number of hydrogen-bond donors (Lipinski definition) is 1. The molecule has 6 heteroatoms. The van der Waals surface area contributed by atoms with Crippen LogP contribution in [0.25, 0.3) is 0 Å². The van der Waals surface area contributed by atoms with Crippen molar-refractivity contribution >= 4 is 11.9 Å². The standard InChI is InChI=1S/C40H70O6/c1-3-5-7-9-11-12-13-14-15-16-17-20-24-28-32-39(42)44-34-36(41)35-45-40(43)33-29-25-21-18-19-23-27-31-38-37(46-38)30-26-22-10-8-6-4-2/h18,21-23,26-27,36-38,41H,3-17,19-20,24-25,28-35H2,1-2H3/b21-18-,26-22-,27-23-/t36-,37?,38?/m0/s1. The summed E-state index contributed by atoms with van der Waals surface area (Å²) in [6, 6.07) is 0. The quantitative estimate of drug-likeness (QED) is 0.0330. The fourth-order valence-corrected chi connectivity index (χ4v) is 5.47. The van der Waals surface area contributed by atoms with Crippen molar-refractivity contribution in [3.63, 3.8) is 0 Å². The molecule has 0 aromatic heterocycles. The predicted octanol–water partition coefficient (Wildman–Crippen LogP) is 10.7. The Labute approximate surface area is 282 Å². The predicted molar refractivity (Wildman–Crippen MR) is 191 cm³/mol. The van der Waals surface area contributed by atoms with E-state index in [9.17, 15) is 14.7 Å². The second-order valence-electron chi connectivity index (χ2n) is 13.1. The Hall–Kier alpha value is -1.92. The fraction of sp³-hybridized carbons (Fsp3) is 0.800. The number of carbonyl (C=O) groups is 2. The van der Waals surface area contributed by atoms with Gasteiger partial charge in [-0.2, -0.15) is 0 Å². The molecule has 46 heavy (non-hydrogen) atoms. The van der Waals surface area contributed by atoms with E-state index in [2.05, 4.69) is 50.3 Å². The van der Waals surface area contributed by atoms with E-state index in [4.69, 9.17) is 14.2 Å². The maximum Gasteiger partial charge on any atom is 0.305 e. The maximum absolute atomic E-state index is 11.9. The number of epoxide rings is 1. The second kappa shape index (κ2) is 31.7. The van der Waals surface area contributed by atoms with Crippen molar-refractivity contribution in [2.75, 3.05) is 13.2 Å². The molecule has 1 fully saturated rings. The zero-order valence-corrected chi connectivity index (χ0v) is 29.8. The minimum Gasteiger partial charge on any atom is -0.463 e. The van der Waals surface area contributed by atoms with Crippen molar-refractivity contribution in [3.8, 4) is 0 Å². The van der Waals surface area contributed by atoms with Gasteiger partial charge in [-0.1, -0.05) is 147 Å². The first-order valence-corrected chi connectivity index (χ1v) is 19.2. The largest absolute Gasteiger partial charge is 0.463 e. The van der Waals surface area contributed by atoms with Crippen LogP contribution in [0.3, 0.4) is 0 Å². The van der Waals surface area contributed by atoms with E-state index >= 15 is 0 Å². The summed E-state index contributed by atoms with van der Waals surface area (Å²) in [5.74, 6) is -0.632. The number of aliphatic hydroxyl groups is 1. The van der Waals surface area contributed by atoms with Gasteiger partial charge in [0.2, 0.25) is 0 Å². The van der Waals surface area contributed by atoms with Gasteiger partial charge in [0.1, 0.15) is 19.3 Å². The van der Waals surface area contributed by atoms with Crippen molar-refractivity contribution in [2.24, 2.45) is 0 Å². The van der Waals surface area contributed by atoms with E-state index in [1.54, 1.807) is 0 Å². The SMILES string of the molecule is CCCCC/C=C\CC1OC1C/C=C\C/C=C\CCCC(=O)OC[C@@H](O)COC(=O)CCCCCCCCCCCCCCCC. The van der Waals surface area contributed by atoms with Crippen LogP contribution in [0, 0.1) is 0 Å². The van der Waals surface area contributed by atoms with Gasteiger partial charge in [-0.3, -0.25) is 9.59 Å². The van der Waals surface area contributed by atoms with Crippen LogP contribution in [0.1, 0.15) is 174 Å². The van der Waals surface area contributed by atoms with Crippen molar-refractivity contribution in [1.82, 2.24) is 0 Å². The molecule has 0 aromatic rings. The third kappa shape index (κ3) is 28.3. The lowest BCUT2D eigenvalue weighted by Gasteiger charge is -2.12. The maximum atomic E-state index is 11.9. The van der Waals surface area contributed by atoms with Gasteiger partial charge in [0.15, 0.2) is 0 Å². The summed E-state index contributed by atoms with van der Waals surface area (Å²) in [7, 11) is 0. The summed E-state index contributed by atoms with van der Waals surface area (Å²) < 4.78 is 16.0. The van der Waals surface area contributed by atoms with Crippen molar-refractivity contribution in [1.29, 1.82) is 0 Å². The van der Waals surface area contributed by atoms with Crippen LogP contribution < -0.4 is 0 Å². The fourth-order valence-electron chi connectivity index (χ4n) is 5.47. The molecule has 266 valence electrons. The number of allylic oxidation sites excluding steroid dienone is 4. The van der Waals surface area contributed by atoms with Crippen LogP contribution in [0.2, 0.25) is 0 Å². The number of esters is 2. The molecule has 0 spiro atoms. The number of rotatable bonds is 33. The lowest BCUT2D eigenvalue weighted by Crippen LogP contribution is -2.25. The minimum absolute atomic E-state index is 0.134. The van der Waals surface area contributed by atoms with Gasteiger partial charge in [-0.05, 0) is 51.4 Å². The molecule has 1 heterocycles. The molecule has 0 aromatic carbocycles. The Morgan fingerprint density at radius 2 is 0.978 bits per heavy atom. The molecule has 2 unspecified atom stereocenters. The normalized spacial score (nSPS) is 16.9. The number of aliphatic hydroxyl groups excluding tert-OH is 1. The highest BCUT2D eigenvalue weighted by Crippen LogP contribution is 2.29. The van der Waals surface area contributed by atoms with E-state index in [0.29, 0.717) is 31.5 Å².